The Bertz CT molecular complexity index is 1280. The molecule has 5 rings (SSSR count). The van der Waals surface area contributed by atoms with Crippen molar-refractivity contribution in [2.45, 2.75) is 19.9 Å². The highest BCUT2D eigenvalue weighted by atomic mass is 32.1. The van der Waals surface area contributed by atoms with Crippen LogP contribution in [0.5, 0.6) is 0 Å². The number of anilines is 2. The number of benzene rings is 2. The molecule has 0 bridgehead atoms. The summed E-state index contributed by atoms with van der Waals surface area (Å²) in [4.78, 5) is 21.2. The van der Waals surface area contributed by atoms with Crippen LogP contribution in [0.1, 0.15) is 23.0 Å². The second kappa shape index (κ2) is 11.0. The van der Waals surface area contributed by atoms with Gasteiger partial charge in [0.25, 0.3) is 5.91 Å². The minimum Gasteiger partial charge on any atom is -0.382 e. The Balaban J connectivity index is 1.44. The molecule has 1 N–H and O–H groups in total. The molecule has 0 atom stereocenters. The molecular formula is C27H30N4O3S. The fourth-order valence-corrected chi connectivity index (χ4v) is 5.48. The molecule has 0 saturated carbocycles. The number of hydrogen-bond acceptors (Lipinski definition) is 6. The molecule has 35 heavy (non-hydrogen) atoms. The molecule has 1 aliphatic rings. The Morgan fingerprint density at radius 3 is 2.69 bits per heavy atom. The van der Waals surface area contributed by atoms with Gasteiger partial charge in [0.05, 0.1) is 34.1 Å². The summed E-state index contributed by atoms with van der Waals surface area (Å²) < 4.78 is 13.1. The number of nitrogens with zero attached hydrogens (tertiary/aromatic N) is 3. The topological polar surface area (TPSA) is 68.6 Å². The number of fused-ring (bicyclic) bond motifs is 1. The van der Waals surface area contributed by atoms with Crippen LogP contribution in [-0.4, -0.2) is 55.0 Å². The third-order valence-corrected chi connectivity index (χ3v) is 7.27. The average molecular weight is 491 g/mol. The molecule has 1 amide bonds. The maximum absolute atomic E-state index is 13.5. The molecule has 1 aliphatic heterocycles. The van der Waals surface area contributed by atoms with Crippen molar-refractivity contribution < 1.29 is 14.3 Å². The Morgan fingerprint density at radius 1 is 1.11 bits per heavy atom. The number of carbonyl (C=O) groups is 1. The lowest BCUT2D eigenvalue weighted by Gasteiger charge is -2.28. The number of amides is 1. The van der Waals surface area contributed by atoms with E-state index in [4.69, 9.17) is 14.5 Å². The van der Waals surface area contributed by atoms with Crippen molar-refractivity contribution in [3.63, 3.8) is 0 Å². The molecule has 8 heteroatoms. The highest BCUT2D eigenvalue weighted by Gasteiger charge is 2.23. The predicted molar refractivity (Wildman–Crippen MR) is 142 cm³/mol. The number of rotatable bonds is 9. The van der Waals surface area contributed by atoms with E-state index < -0.39 is 0 Å². The van der Waals surface area contributed by atoms with Crippen LogP contribution in [0.4, 0.5) is 10.9 Å². The molecule has 0 radical (unpaired) electrons. The van der Waals surface area contributed by atoms with E-state index in [0.29, 0.717) is 37.3 Å². The van der Waals surface area contributed by atoms with Gasteiger partial charge in [0.15, 0.2) is 0 Å². The van der Waals surface area contributed by atoms with Crippen LogP contribution in [-0.2, 0) is 16.0 Å². The highest BCUT2D eigenvalue weighted by molar-refractivity contribution is 7.18. The molecule has 0 unspecified atom stereocenters. The molecule has 182 valence electrons. The second-order valence-electron chi connectivity index (χ2n) is 8.38. The van der Waals surface area contributed by atoms with Crippen LogP contribution in [0.2, 0.25) is 0 Å². The molecule has 7 nitrogen and oxygen atoms in total. The number of imidazole rings is 1. The van der Waals surface area contributed by atoms with E-state index >= 15 is 0 Å². The first-order chi connectivity index (χ1) is 17.2. The summed E-state index contributed by atoms with van der Waals surface area (Å²) in [6.45, 7) is 7.10. The quantitative estimate of drug-likeness (QED) is 0.323. The van der Waals surface area contributed by atoms with Crippen molar-refractivity contribution in [3.05, 3.63) is 65.5 Å². The van der Waals surface area contributed by atoms with Gasteiger partial charge in [0, 0.05) is 38.4 Å². The number of para-hydroxylation sites is 2. The van der Waals surface area contributed by atoms with Gasteiger partial charge >= 0.3 is 0 Å². The Kier molecular flexibility index (Phi) is 7.42. The summed E-state index contributed by atoms with van der Waals surface area (Å²) in [6, 6.07) is 20.2. The van der Waals surface area contributed by atoms with Crippen LogP contribution < -0.4 is 10.2 Å². The number of thiophene rings is 1. The van der Waals surface area contributed by atoms with Gasteiger partial charge < -0.3 is 18.9 Å². The SMILES string of the molecule is CCOCCCn1c(NC(=O)c2cc(-c3ccccc3)c(N3CCOCC3)s2)nc2ccccc21. The molecule has 2 aromatic carbocycles. The first kappa shape index (κ1) is 23.5. The zero-order valence-electron chi connectivity index (χ0n) is 19.9. The molecule has 0 aliphatic carbocycles. The summed E-state index contributed by atoms with van der Waals surface area (Å²) in [6.07, 6.45) is 0.843. The molecule has 2 aromatic heterocycles. The average Bonchev–Trinajstić information content (AvgIpc) is 3.50. The van der Waals surface area contributed by atoms with Gasteiger partial charge in [-0.3, -0.25) is 10.1 Å². The van der Waals surface area contributed by atoms with Crippen LogP contribution in [0.15, 0.2) is 60.7 Å². The summed E-state index contributed by atoms with van der Waals surface area (Å²) in [5.41, 5.74) is 4.05. The fraction of sp³-hybridized carbons (Fsp3) is 0.333. The van der Waals surface area contributed by atoms with Gasteiger partial charge in [-0.15, -0.1) is 11.3 Å². The lowest BCUT2D eigenvalue weighted by atomic mass is 10.1. The van der Waals surface area contributed by atoms with Crippen molar-refractivity contribution in [1.82, 2.24) is 9.55 Å². The van der Waals surface area contributed by atoms with E-state index in [1.54, 1.807) is 0 Å². The number of carbonyl (C=O) groups excluding carboxylic acids is 1. The first-order valence-corrected chi connectivity index (χ1v) is 12.9. The Morgan fingerprint density at radius 2 is 1.89 bits per heavy atom. The third-order valence-electron chi connectivity index (χ3n) is 6.07. The number of aryl methyl sites for hydroxylation is 1. The zero-order valence-corrected chi connectivity index (χ0v) is 20.7. The minimum absolute atomic E-state index is 0.145. The van der Waals surface area contributed by atoms with Crippen molar-refractivity contribution >= 4 is 39.2 Å². The van der Waals surface area contributed by atoms with Crippen molar-refractivity contribution in [2.24, 2.45) is 0 Å². The van der Waals surface area contributed by atoms with E-state index in [-0.39, 0.29) is 5.91 Å². The van der Waals surface area contributed by atoms with Crippen LogP contribution >= 0.6 is 11.3 Å². The van der Waals surface area contributed by atoms with E-state index in [9.17, 15) is 4.79 Å². The number of nitrogens with one attached hydrogen (secondary N) is 1. The normalized spacial score (nSPS) is 13.9. The van der Waals surface area contributed by atoms with Crippen molar-refractivity contribution in [2.75, 3.05) is 49.7 Å². The molecular weight excluding hydrogens is 460 g/mol. The Labute approximate surface area is 209 Å². The highest BCUT2D eigenvalue weighted by Crippen LogP contribution is 2.39. The third kappa shape index (κ3) is 5.24. The van der Waals surface area contributed by atoms with Gasteiger partial charge in [0.2, 0.25) is 5.95 Å². The lowest BCUT2D eigenvalue weighted by molar-refractivity contribution is 0.102. The van der Waals surface area contributed by atoms with E-state index in [2.05, 4.69) is 26.9 Å². The summed E-state index contributed by atoms with van der Waals surface area (Å²) in [5.74, 6) is 0.420. The molecule has 4 aromatic rings. The standard InChI is InChI=1S/C27H30N4O3S/c1-2-33-16-8-13-31-23-12-7-6-11-22(23)28-27(31)29-25(32)24-19-21(20-9-4-3-5-10-20)26(35-24)30-14-17-34-18-15-30/h3-7,9-12,19H,2,8,13-18H2,1H3,(H,28,29,32). The summed E-state index contributed by atoms with van der Waals surface area (Å²) in [7, 11) is 0. The van der Waals surface area contributed by atoms with Crippen molar-refractivity contribution in [3.8, 4) is 11.1 Å². The van der Waals surface area contributed by atoms with E-state index in [1.165, 1.54) is 11.3 Å². The van der Waals surface area contributed by atoms with E-state index in [0.717, 1.165) is 53.2 Å². The second-order valence-corrected chi connectivity index (χ2v) is 9.41. The van der Waals surface area contributed by atoms with Gasteiger partial charge in [-0.25, -0.2) is 4.98 Å². The molecule has 0 spiro atoms. The predicted octanol–water partition coefficient (Wildman–Crippen LogP) is 5.28. The lowest BCUT2D eigenvalue weighted by Crippen LogP contribution is -2.35. The number of hydrogen-bond donors (Lipinski definition) is 1. The van der Waals surface area contributed by atoms with Crippen molar-refractivity contribution in [1.29, 1.82) is 0 Å². The molecule has 1 saturated heterocycles. The largest absolute Gasteiger partial charge is 0.382 e. The maximum atomic E-state index is 13.5. The number of aromatic nitrogens is 2. The fourth-order valence-electron chi connectivity index (χ4n) is 4.35. The number of morpholine rings is 1. The zero-order chi connectivity index (χ0) is 24.0. The Hall–Kier alpha value is -3.20. The van der Waals surface area contributed by atoms with Crippen LogP contribution in [0.25, 0.3) is 22.2 Å². The van der Waals surface area contributed by atoms with Gasteiger partial charge in [-0.2, -0.15) is 0 Å². The molecule has 3 heterocycles. The summed E-state index contributed by atoms with van der Waals surface area (Å²) in [5, 5.41) is 4.20. The number of ether oxygens (including phenoxy) is 2. The smallest absolute Gasteiger partial charge is 0.268 e. The maximum Gasteiger partial charge on any atom is 0.268 e. The van der Waals surface area contributed by atoms with Gasteiger partial charge in [0.1, 0.15) is 0 Å². The van der Waals surface area contributed by atoms with E-state index in [1.807, 2.05) is 55.5 Å². The summed E-state index contributed by atoms with van der Waals surface area (Å²) >= 11 is 1.53. The van der Waals surface area contributed by atoms with Gasteiger partial charge in [-0.05, 0) is 37.1 Å². The van der Waals surface area contributed by atoms with Crippen LogP contribution in [0, 0.1) is 0 Å². The molecule has 1 fully saturated rings. The minimum atomic E-state index is -0.145. The van der Waals surface area contributed by atoms with Crippen LogP contribution in [0.3, 0.4) is 0 Å². The first-order valence-electron chi connectivity index (χ1n) is 12.1. The van der Waals surface area contributed by atoms with Gasteiger partial charge in [-0.1, -0.05) is 42.5 Å². The monoisotopic (exact) mass is 490 g/mol.